The third-order valence-electron chi connectivity index (χ3n) is 4.11. The first-order chi connectivity index (χ1) is 9.28. The Bertz CT molecular complexity index is 563. The summed E-state index contributed by atoms with van der Waals surface area (Å²) in [6.07, 6.45) is 3.61. The fourth-order valence-corrected chi connectivity index (χ4v) is 2.87. The highest BCUT2D eigenvalue weighted by molar-refractivity contribution is 5.78. The Morgan fingerprint density at radius 2 is 2.21 bits per heavy atom. The number of hydrogen-bond donors (Lipinski definition) is 1. The van der Waals surface area contributed by atoms with Crippen LogP contribution in [0.3, 0.4) is 0 Å². The van der Waals surface area contributed by atoms with Gasteiger partial charge < -0.3 is 9.73 Å². The average molecular weight is 261 g/mol. The van der Waals surface area contributed by atoms with E-state index in [-0.39, 0.29) is 5.82 Å². The van der Waals surface area contributed by atoms with E-state index in [2.05, 4.69) is 12.2 Å². The molecule has 2 atom stereocenters. The van der Waals surface area contributed by atoms with E-state index in [1.807, 2.05) is 6.07 Å². The van der Waals surface area contributed by atoms with Gasteiger partial charge >= 0.3 is 0 Å². The number of fused-ring (bicyclic) bond motifs is 1. The molecule has 1 aromatic heterocycles. The lowest BCUT2D eigenvalue weighted by Crippen LogP contribution is -2.33. The molecule has 1 aliphatic carbocycles. The van der Waals surface area contributed by atoms with Gasteiger partial charge in [0.1, 0.15) is 17.2 Å². The fourth-order valence-electron chi connectivity index (χ4n) is 2.87. The van der Waals surface area contributed by atoms with Crippen LogP contribution in [-0.2, 0) is 0 Å². The molecular formula is C16H20FNO. The monoisotopic (exact) mass is 261 g/mol. The second-order valence-electron chi connectivity index (χ2n) is 5.48. The van der Waals surface area contributed by atoms with Gasteiger partial charge in [0.25, 0.3) is 0 Å². The van der Waals surface area contributed by atoms with Crippen LogP contribution in [0.15, 0.2) is 28.7 Å². The second kappa shape index (κ2) is 5.33. The van der Waals surface area contributed by atoms with Crippen molar-refractivity contribution in [2.45, 2.75) is 32.1 Å². The lowest BCUT2D eigenvalue weighted by molar-refractivity contribution is 0.219. The minimum absolute atomic E-state index is 0.199. The van der Waals surface area contributed by atoms with Gasteiger partial charge in [-0.3, -0.25) is 0 Å². The van der Waals surface area contributed by atoms with Crippen molar-refractivity contribution in [2.75, 3.05) is 13.1 Å². The predicted octanol–water partition coefficient (Wildman–Crippen LogP) is 4.07. The van der Waals surface area contributed by atoms with E-state index in [0.717, 1.165) is 29.8 Å². The Morgan fingerprint density at radius 1 is 1.32 bits per heavy atom. The van der Waals surface area contributed by atoms with Crippen LogP contribution in [0.1, 0.15) is 37.9 Å². The Labute approximate surface area is 113 Å². The topological polar surface area (TPSA) is 25.2 Å². The third kappa shape index (κ3) is 2.52. The van der Waals surface area contributed by atoms with Gasteiger partial charge in [0, 0.05) is 11.3 Å². The molecular weight excluding hydrogens is 241 g/mol. The summed E-state index contributed by atoms with van der Waals surface area (Å²) in [6.45, 7) is 4.32. The van der Waals surface area contributed by atoms with Crippen molar-refractivity contribution in [3.63, 3.8) is 0 Å². The van der Waals surface area contributed by atoms with E-state index in [1.54, 1.807) is 12.1 Å². The maximum Gasteiger partial charge on any atom is 0.134 e. The molecule has 3 heteroatoms. The number of rotatable bonds is 5. The summed E-state index contributed by atoms with van der Waals surface area (Å²) in [5.74, 6) is 1.99. The molecule has 3 rings (SSSR count). The van der Waals surface area contributed by atoms with Crippen LogP contribution < -0.4 is 5.32 Å². The molecule has 0 bridgehead atoms. The summed E-state index contributed by atoms with van der Waals surface area (Å²) < 4.78 is 19.0. The van der Waals surface area contributed by atoms with Crippen LogP contribution in [-0.4, -0.2) is 13.1 Å². The van der Waals surface area contributed by atoms with Crippen molar-refractivity contribution < 1.29 is 8.81 Å². The number of hydrogen-bond acceptors (Lipinski definition) is 2. The van der Waals surface area contributed by atoms with Crippen molar-refractivity contribution in [3.8, 4) is 0 Å². The summed E-state index contributed by atoms with van der Waals surface area (Å²) in [4.78, 5) is 0. The molecule has 2 aromatic rings. The van der Waals surface area contributed by atoms with Crippen molar-refractivity contribution in [2.24, 2.45) is 5.92 Å². The van der Waals surface area contributed by atoms with Gasteiger partial charge in [-0.2, -0.15) is 0 Å². The second-order valence-corrected chi connectivity index (χ2v) is 5.48. The normalized spacial score (nSPS) is 22.6. The van der Waals surface area contributed by atoms with Crippen LogP contribution in [0.2, 0.25) is 0 Å². The molecule has 2 nitrogen and oxygen atoms in total. The highest BCUT2D eigenvalue weighted by Gasteiger charge is 2.34. The quantitative estimate of drug-likeness (QED) is 0.821. The van der Waals surface area contributed by atoms with E-state index in [1.165, 1.54) is 25.3 Å². The van der Waals surface area contributed by atoms with Crippen LogP contribution >= 0.6 is 0 Å². The van der Waals surface area contributed by atoms with Gasteiger partial charge in [-0.1, -0.05) is 6.92 Å². The van der Waals surface area contributed by atoms with Crippen molar-refractivity contribution in [1.82, 2.24) is 5.32 Å². The maximum absolute atomic E-state index is 13.2. The predicted molar refractivity (Wildman–Crippen MR) is 74.8 cm³/mol. The summed E-state index contributed by atoms with van der Waals surface area (Å²) in [7, 11) is 0. The number of benzene rings is 1. The molecule has 1 fully saturated rings. The van der Waals surface area contributed by atoms with E-state index in [0.29, 0.717) is 11.8 Å². The zero-order chi connectivity index (χ0) is 13.2. The Hall–Kier alpha value is -1.35. The van der Waals surface area contributed by atoms with Crippen LogP contribution in [0.4, 0.5) is 4.39 Å². The summed E-state index contributed by atoms with van der Waals surface area (Å²) in [6, 6.07) is 6.73. The van der Waals surface area contributed by atoms with Crippen molar-refractivity contribution >= 4 is 11.0 Å². The standard InChI is InChI=1S/C16H20FNO/c1-2-7-18-10-11-3-5-14(11)16-9-12-8-13(17)4-6-15(12)19-16/h4,6,8-9,11,14,18H,2-3,5,7,10H2,1H3. The summed E-state index contributed by atoms with van der Waals surface area (Å²) >= 11 is 0. The van der Waals surface area contributed by atoms with Gasteiger partial charge in [-0.05, 0) is 62.5 Å². The third-order valence-corrected chi connectivity index (χ3v) is 4.11. The highest BCUT2D eigenvalue weighted by Crippen LogP contribution is 2.43. The lowest BCUT2D eigenvalue weighted by Gasteiger charge is -2.35. The Morgan fingerprint density at radius 3 is 2.95 bits per heavy atom. The van der Waals surface area contributed by atoms with Crippen molar-refractivity contribution in [1.29, 1.82) is 0 Å². The molecule has 1 aromatic carbocycles. The average Bonchev–Trinajstić information content (AvgIpc) is 2.75. The first kappa shape index (κ1) is 12.7. The number of nitrogens with one attached hydrogen (secondary N) is 1. The van der Waals surface area contributed by atoms with E-state index in [4.69, 9.17) is 4.42 Å². The molecule has 1 N–H and O–H groups in total. The molecule has 1 heterocycles. The zero-order valence-corrected chi connectivity index (χ0v) is 11.3. The molecule has 1 saturated carbocycles. The van der Waals surface area contributed by atoms with E-state index in [9.17, 15) is 4.39 Å². The van der Waals surface area contributed by atoms with Gasteiger partial charge in [0.05, 0.1) is 0 Å². The fraction of sp³-hybridized carbons (Fsp3) is 0.500. The minimum atomic E-state index is -0.199. The first-order valence-corrected chi connectivity index (χ1v) is 7.17. The van der Waals surface area contributed by atoms with Gasteiger partial charge in [-0.25, -0.2) is 4.39 Å². The molecule has 1 aliphatic rings. The van der Waals surface area contributed by atoms with E-state index >= 15 is 0 Å². The molecule has 0 spiro atoms. The molecule has 0 saturated heterocycles. The SMILES string of the molecule is CCCNCC1CCC1c1cc2cc(F)ccc2o1. The maximum atomic E-state index is 13.2. The molecule has 102 valence electrons. The molecule has 0 amide bonds. The van der Waals surface area contributed by atoms with Crippen molar-refractivity contribution in [3.05, 3.63) is 35.8 Å². The van der Waals surface area contributed by atoms with Gasteiger partial charge in [-0.15, -0.1) is 0 Å². The molecule has 0 aliphatic heterocycles. The summed E-state index contributed by atoms with van der Waals surface area (Å²) in [5, 5.41) is 4.35. The zero-order valence-electron chi connectivity index (χ0n) is 11.3. The molecule has 0 radical (unpaired) electrons. The molecule has 19 heavy (non-hydrogen) atoms. The van der Waals surface area contributed by atoms with Crippen LogP contribution in [0, 0.1) is 11.7 Å². The summed E-state index contributed by atoms with van der Waals surface area (Å²) in [5.41, 5.74) is 0.795. The molecule has 2 unspecified atom stereocenters. The van der Waals surface area contributed by atoms with Crippen LogP contribution in [0.25, 0.3) is 11.0 Å². The first-order valence-electron chi connectivity index (χ1n) is 7.17. The minimum Gasteiger partial charge on any atom is -0.461 e. The van der Waals surface area contributed by atoms with E-state index < -0.39 is 0 Å². The Balaban J connectivity index is 1.73. The smallest absolute Gasteiger partial charge is 0.134 e. The highest BCUT2D eigenvalue weighted by atomic mass is 19.1. The lowest BCUT2D eigenvalue weighted by atomic mass is 9.72. The van der Waals surface area contributed by atoms with Gasteiger partial charge in [0.2, 0.25) is 0 Å². The Kier molecular flexibility index (Phi) is 3.56. The number of halogens is 1. The van der Waals surface area contributed by atoms with Crippen LogP contribution in [0.5, 0.6) is 0 Å². The van der Waals surface area contributed by atoms with Gasteiger partial charge in [0.15, 0.2) is 0 Å². The number of furan rings is 1. The largest absolute Gasteiger partial charge is 0.461 e.